The molecule has 1 aromatic heterocycles. The Hall–Kier alpha value is -2.88. The highest BCUT2D eigenvalue weighted by molar-refractivity contribution is 7.13. The molecule has 0 amide bonds. The summed E-state index contributed by atoms with van der Waals surface area (Å²) in [6.45, 7) is 0. The number of rotatable bonds is 4. The largest absolute Gasteiger partial charge is 0.504 e. The topological polar surface area (TPSA) is 86.4 Å². The van der Waals surface area contributed by atoms with Gasteiger partial charge in [-0.05, 0) is 11.6 Å². The van der Waals surface area contributed by atoms with E-state index >= 15 is 0 Å². The van der Waals surface area contributed by atoms with Crippen LogP contribution >= 0.6 is 11.3 Å². The molecule has 2 aromatic rings. The molecule has 3 rings (SSSR count). The lowest BCUT2D eigenvalue weighted by Crippen LogP contribution is -2.19. The van der Waals surface area contributed by atoms with E-state index in [9.17, 15) is 10.2 Å². The number of benzene rings is 1. The lowest BCUT2D eigenvalue weighted by Gasteiger charge is -2.22. The van der Waals surface area contributed by atoms with Crippen molar-refractivity contribution in [3.8, 4) is 16.6 Å². The second kappa shape index (κ2) is 7.34. The maximum Gasteiger partial charge on any atom is 0.166 e. The van der Waals surface area contributed by atoms with Gasteiger partial charge < -0.3 is 14.9 Å². The van der Waals surface area contributed by atoms with E-state index in [0.717, 1.165) is 10.6 Å². The first-order valence-corrected chi connectivity index (χ1v) is 8.49. The number of nitrogens with zero attached hydrogens (tertiary/aromatic N) is 2. The number of hydrogen-bond acceptors (Lipinski definition) is 6. The van der Waals surface area contributed by atoms with Gasteiger partial charge in [0.2, 0.25) is 0 Å². The maximum absolute atomic E-state index is 10.1. The Labute approximate surface area is 149 Å². The zero-order valence-electron chi connectivity index (χ0n) is 13.5. The van der Waals surface area contributed by atoms with Crippen LogP contribution in [0.4, 0.5) is 0 Å². The molecule has 0 saturated carbocycles. The van der Waals surface area contributed by atoms with Gasteiger partial charge in [-0.1, -0.05) is 30.3 Å². The number of hydrogen-bond donors (Lipinski definition) is 2. The number of aromatic nitrogens is 1. The van der Waals surface area contributed by atoms with Crippen LogP contribution in [0.25, 0.3) is 16.1 Å². The molecule has 2 N–H and O–H groups in total. The number of ether oxygens (including phenoxy) is 1. The number of nitriles is 1. The second-order valence-corrected chi connectivity index (χ2v) is 6.29. The van der Waals surface area contributed by atoms with E-state index in [4.69, 9.17) is 10.00 Å². The van der Waals surface area contributed by atoms with Crippen LogP contribution in [0.15, 0.2) is 65.0 Å². The summed E-state index contributed by atoms with van der Waals surface area (Å²) in [4.78, 5) is 4.61. The van der Waals surface area contributed by atoms with E-state index in [1.165, 1.54) is 30.6 Å². The van der Waals surface area contributed by atoms with Gasteiger partial charge in [-0.15, -0.1) is 11.3 Å². The van der Waals surface area contributed by atoms with Gasteiger partial charge in [-0.2, -0.15) is 5.26 Å². The van der Waals surface area contributed by atoms with Crippen LogP contribution in [-0.2, 0) is 4.74 Å². The Bertz CT molecular complexity index is 904. The molecule has 1 atom stereocenters. The highest BCUT2D eigenvalue weighted by atomic mass is 32.1. The molecular weight excluding hydrogens is 336 g/mol. The molecule has 1 unspecified atom stereocenters. The third-order valence-corrected chi connectivity index (χ3v) is 4.75. The fourth-order valence-corrected chi connectivity index (χ4v) is 3.53. The minimum Gasteiger partial charge on any atom is -0.504 e. The molecule has 0 saturated heterocycles. The van der Waals surface area contributed by atoms with Crippen LogP contribution in [0.3, 0.4) is 0 Å². The van der Waals surface area contributed by atoms with Crippen molar-refractivity contribution in [3.63, 3.8) is 0 Å². The van der Waals surface area contributed by atoms with E-state index in [1.54, 1.807) is 0 Å². The summed E-state index contributed by atoms with van der Waals surface area (Å²) in [7, 11) is 1.40. The van der Waals surface area contributed by atoms with Crippen LogP contribution in [0.2, 0.25) is 0 Å². The molecule has 0 spiro atoms. The first-order valence-electron chi connectivity index (χ1n) is 7.61. The molecule has 0 bridgehead atoms. The van der Waals surface area contributed by atoms with Gasteiger partial charge in [0.15, 0.2) is 11.5 Å². The fourth-order valence-electron chi connectivity index (χ4n) is 2.70. The fraction of sp³-hybridized carbons (Fsp3) is 0.158. The summed E-state index contributed by atoms with van der Waals surface area (Å²) in [6, 6.07) is 11.8. The molecular formula is C19H16N2O3S. The number of allylic oxidation sites excluding steroid dienone is 3. The summed E-state index contributed by atoms with van der Waals surface area (Å²) < 4.78 is 5.01. The van der Waals surface area contributed by atoms with E-state index in [0.29, 0.717) is 16.8 Å². The molecule has 0 radical (unpaired) electrons. The minimum absolute atomic E-state index is 0.128. The quantitative estimate of drug-likeness (QED) is 0.817. The Morgan fingerprint density at radius 2 is 2.16 bits per heavy atom. The van der Waals surface area contributed by atoms with Crippen LogP contribution in [-0.4, -0.2) is 28.4 Å². The smallest absolute Gasteiger partial charge is 0.166 e. The lowest BCUT2D eigenvalue weighted by atomic mass is 9.92. The average Bonchev–Trinajstić information content (AvgIpc) is 3.10. The highest BCUT2D eigenvalue weighted by Crippen LogP contribution is 2.35. The van der Waals surface area contributed by atoms with Gasteiger partial charge in [-0.3, -0.25) is 0 Å². The van der Waals surface area contributed by atoms with Gasteiger partial charge in [0, 0.05) is 29.0 Å². The summed E-state index contributed by atoms with van der Waals surface area (Å²) >= 11 is 1.48. The van der Waals surface area contributed by atoms with E-state index in [-0.39, 0.29) is 17.9 Å². The molecule has 1 heterocycles. The Balaban J connectivity index is 1.99. The van der Waals surface area contributed by atoms with Crippen molar-refractivity contribution < 1.29 is 14.9 Å². The predicted octanol–water partition coefficient (Wildman–Crippen LogP) is 3.82. The van der Waals surface area contributed by atoms with Gasteiger partial charge in [0.05, 0.1) is 18.9 Å². The molecule has 1 aromatic carbocycles. The lowest BCUT2D eigenvalue weighted by molar-refractivity contribution is 0.113. The first-order chi connectivity index (χ1) is 12.1. The normalized spacial score (nSPS) is 17.9. The Morgan fingerprint density at radius 1 is 1.40 bits per heavy atom. The summed E-state index contributed by atoms with van der Waals surface area (Å²) in [5.41, 5.74) is 2.86. The molecule has 0 aliphatic heterocycles. The summed E-state index contributed by atoms with van der Waals surface area (Å²) in [6.07, 6.45) is 2.17. The SMILES string of the molecule is COC1=C(O)C=C(/C(=C\C#N)c2csc(-c3ccccc3)n2)CC1O. The van der Waals surface area contributed by atoms with Crippen molar-refractivity contribution in [1.82, 2.24) is 4.98 Å². The molecule has 6 heteroatoms. The van der Waals surface area contributed by atoms with Crippen molar-refractivity contribution in [2.75, 3.05) is 7.11 Å². The van der Waals surface area contributed by atoms with E-state index in [1.807, 2.05) is 41.8 Å². The van der Waals surface area contributed by atoms with Gasteiger partial charge in [0.25, 0.3) is 0 Å². The Morgan fingerprint density at radius 3 is 2.80 bits per heavy atom. The molecule has 126 valence electrons. The third-order valence-electron chi connectivity index (χ3n) is 3.85. The van der Waals surface area contributed by atoms with Gasteiger partial charge >= 0.3 is 0 Å². The second-order valence-electron chi connectivity index (χ2n) is 5.43. The third kappa shape index (κ3) is 3.48. The van der Waals surface area contributed by atoms with Crippen molar-refractivity contribution in [3.05, 3.63) is 70.6 Å². The molecule has 1 aliphatic rings. The van der Waals surface area contributed by atoms with Crippen LogP contribution < -0.4 is 0 Å². The van der Waals surface area contributed by atoms with Crippen LogP contribution in [0.5, 0.6) is 0 Å². The minimum atomic E-state index is -0.959. The number of methoxy groups -OCH3 is 1. The average molecular weight is 352 g/mol. The summed E-state index contributed by atoms with van der Waals surface area (Å²) in [5.74, 6) is -0.0121. The van der Waals surface area contributed by atoms with Crippen molar-refractivity contribution in [1.29, 1.82) is 5.26 Å². The monoisotopic (exact) mass is 352 g/mol. The number of aliphatic hydroxyl groups is 2. The predicted molar refractivity (Wildman–Crippen MR) is 96.5 cm³/mol. The van der Waals surface area contributed by atoms with Crippen molar-refractivity contribution >= 4 is 16.9 Å². The number of aliphatic hydroxyl groups excluding tert-OH is 2. The van der Waals surface area contributed by atoms with Crippen LogP contribution in [0.1, 0.15) is 12.1 Å². The maximum atomic E-state index is 10.1. The van der Waals surface area contributed by atoms with Crippen molar-refractivity contribution in [2.24, 2.45) is 0 Å². The standard InChI is InChI=1S/C19H16N2O3S/c1-24-18-16(22)9-13(10-17(18)23)14(7-8-20)15-11-25-19(21-15)12-5-3-2-4-6-12/h2-7,9,11,17,22-23H,10H2,1H3/b14-7+. The number of thiazole rings is 1. The highest BCUT2D eigenvalue weighted by Gasteiger charge is 2.26. The molecule has 1 aliphatic carbocycles. The van der Waals surface area contributed by atoms with E-state index in [2.05, 4.69) is 4.98 Å². The molecule has 5 nitrogen and oxygen atoms in total. The van der Waals surface area contributed by atoms with E-state index < -0.39 is 6.10 Å². The molecule has 0 fully saturated rings. The molecule has 25 heavy (non-hydrogen) atoms. The zero-order valence-corrected chi connectivity index (χ0v) is 14.3. The van der Waals surface area contributed by atoms with Gasteiger partial charge in [0.1, 0.15) is 11.1 Å². The first kappa shape index (κ1) is 17.0. The summed E-state index contributed by atoms with van der Waals surface area (Å²) in [5, 5.41) is 32.0. The zero-order chi connectivity index (χ0) is 17.8. The van der Waals surface area contributed by atoms with Crippen LogP contribution in [0, 0.1) is 11.3 Å². The Kier molecular flexibility index (Phi) is 4.98. The van der Waals surface area contributed by atoms with Crippen molar-refractivity contribution in [2.45, 2.75) is 12.5 Å². The van der Waals surface area contributed by atoms with Gasteiger partial charge in [-0.25, -0.2) is 4.98 Å².